The number of nitrogens with zero attached hydrogens (tertiary/aromatic N) is 1. The van der Waals surface area contributed by atoms with Crippen molar-refractivity contribution in [3.63, 3.8) is 0 Å². The van der Waals surface area contributed by atoms with Gasteiger partial charge in [-0.3, -0.25) is 5.10 Å². The van der Waals surface area contributed by atoms with Gasteiger partial charge in [0.2, 0.25) is 0 Å². The highest BCUT2D eigenvalue weighted by Crippen LogP contribution is 2.38. The average Bonchev–Trinajstić information content (AvgIpc) is 2.86. The second-order valence-electron chi connectivity index (χ2n) is 4.20. The van der Waals surface area contributed by atoms with Crippen molar-refractivity contribution >= 4 is 5.97 Å². The molecule has 0 bridgehead atoms. The van der Waals surface area contributed by atoms with E-state index in [4.69, 9.17) is 9.84 Å². The highest BCUT2D eigenvalue weighted by Gasteiger charge is 2.17. The largest absolute Gasteiger partial charge is 0.507 e. The number of aromatic amines is 1. The SMILES string of the molecule is COc1cc(-c2cc(C(=O)O)[nH]n2)c(O)c(C)c1C. The quantitative estimate of drug-likeness (QED) is 0.787. The molecule has 6 nitrogen and oxygen atoms in total. The van der Waals surface area contributed by atoms with Crippen LogP contribution in [0.5, 0.6) is 11.5 Å². The Morgan fingerprint density at radius 2 is 2.00 bits per heavy atom. The highest BCUT2D eigenvalue weighted by molar-refractivity contribution is 5.87. The number of hydrogen-bond acceptors (Lipinski definition) is 4. The van der Waals surface area contributed by atoms with Gasteiger partial charge in [0.25, 0.3) is 0 Å². The zero-order valence-corrected chi connectivity index (χ0v) is 10.8. The highest BCUT2D eigenvalue weighted by atomic mass is 16.5. The lowest BCUT2D eigenvalue weighted by atomic mass is 10.0. The first kappa shape index (κ1) is 12.9. The normalized spacial score (nSPS) is 10.5. The van der Waals surface area contributed by atoms with Crippen molar-refractivity contribution in [2.75, 3.05) is 7.11 Å². The van der Waals surface area contributed by atoms with E-state index in [0.717, 1.165) is 5.56 Å². The number of carbonyl (C=O) groups is 1. The van der Waals surface area contributed by atoms with Gasteiger partial charge in [-0.1, -0.05) is 0 Å². The Kier molecular flexibility index (Phi) is 3.16. The lowest BCUT2D eigenvalue weighted by Gasteiger charge is -2.12. The first-order valence-corrected chi connectivity index (χ1v) is 5.62. The van der Waals surface area contributed by atoms with Crippen molar-refractivity contribution in [3.8, 4) is 22.8 Å². The van der Waals surface area contributed by atoms with Crippen LogP contribution in [0.2, 0.25) is 0 Å². The first-order chi connectivity index (χ1) is 8.95. The predicted octanol–water partition coefficient (Wildman–Crippen LogP) is 2.11. The van der Waals surface area contributed by atoms with Crippen LogP contribution in [0, 0.1) is 13.8 Å². The summed E-state index contributed by atoms with van der Waals surface area (Å²) in [4.78, 5) is 10.8. The summed E-state index contributed by atoms with van der Waals surface area (Å²) in [6.45, 7) is 3.60. The van der Waals surface area contributed by atoms with E-state index in [0.29, 0.717) is 22.6 Å². The summed E-state index contributed by atoms with van der Waals surface area (Å²) < 4.78 is 5.23. The molecule has 0 saturated heterocycles. The van der Waals surface area contributed by atoms with Crippen LogP contribution >= 0.6 is 0 Å². The molecule has 2 rings (SSSR count). The smallest absolute Gasteiger partial charge is 0.353 e. The minimum absolute atomic E-state index is 0.0356. The fraction of sp³-hybridized carbons (Fsp3) is 0.231. The van der Waals surface area contributed by atoms with Crippen LogP contribution in [0.3, 0.4) is 0 Å². The molecule has 0 aliphatic carbocycles. The number of benzene rings is 1. The molecule has 0 aliphatic rings. The van der Waals surface area contributed by atoms with Crippen LogP contribution in [-0.4, -0.2) is 33.5 Å². The standard InChI is InChI=1S/C13H14N2O4/c1-6-7(2)12(16)8(4-11(6)19-3)9-5-10(13(17)18)15-14-9/h4-5,16H,1-3H3,(H,14,15)(H,17,18). The van der Waals surface area contributed by atoms with Gasteiger partial charge in [-0.15, -0.1) is 0 Å². The molecule has 0 aliphatic heterocycles. The number of methoxy groups -OCH3 is 1. The van der Waals surface area contributed by atoms with E-state index in [1.165, 1.54) is 13.2 Å². The van der Waals surface area contributed by atoms with E-state index >= 15 is 0 Å². The second kappa shape index (κ2) is 4.64. The van der Waals surface area contributed by atoms with E-state index < -0.39 is 5.97 Å². The molecule has 0 atom stereocenters. The molecule has 2 aromatic rings. The van der Waals surface area contributed by atoms with E-state index in [1.54, 1.807) is 13.0 Å². The number of hydrogen-bond donors (Lipinski definition) is 3. The minimum atomic E-state index is -1.10. The zero-order chi connectivity index (χ0) is 14.2. The van der Waals surface area contributed by atoms with Crippen molar-refractivity contribution in [2.24, 2.45) is 0 Å². The van der Waals surface area contributed by atoms with Gasteiger partial charge < -0.3 is 14.9 Å². The van der Waals surface area contributed by atoms with Crippen LogP contribution in [0.25, 0.3) is 11.3 Å². The molecule has 0 amide bonds. The Morgan fingerprint density at radius 3 is 2.53 bits per heavy atom. The van der Waals surface area contributed by atoms with Crippen molar-refractivity contribution in [3.05, 3.63) is 29.0 Å². The zero-order valence-electron chi connectivity index (χ0n) is 10.8. The molecular formula is C13H14N2O4. The number of phenolic OH excluding ortho intramolecular Hbond substituents is 1. The van der Waals surface area contributed by atoms with Gasteiger partial charge in [0.15, 0.2) is 0 Å². The first-order valence-electron chi connectivity index (χ1n) is 5.62. The summed E-state index contributed by atoms with van der Waals surface area (Å²) in [5.74, 6) is -0.416. The number of phenols is 1. The van der Waals surface area contributed by atoms with Crippen molar-refractivity contribution in [1.29, 1.82) is 0 Å². The van der Waals surface area contributed by atoms with Crippen molar-refractivity contribution in [1.82, 2.24) is 10.2 Å². The van der Waals surface area contributed by atoms with Gasteiger partial charge in [-0.2, -0.15) is 5.10 Å². The van der Waals surface area contributed by atoms with Gasteiger partial charge >= 0.3 is 5.97 Å². The maximum atomic E-state index is 10.8. The fourth-order valence-electron chi connectivity index (χ4n) is 1.85. The number of carboxylic acids is 1. The lowest BCUT2D eigenvalue weighted by molar-refractivity contribution is 0.0690. The molecule has 1 aromatic heterocycles. The fourth-order valence-corrected chi connectivity index (χ4v) is 1.85. The van der Waals surface area contributed by atoms with E-state index in [2.05, 4.69) is 10.2 Å². The van der Waals surface area contributed by atoms with Gasteiger partial charge in [0.05, 0.1) is 12.8 Å². The molecule has 19 heavy (non-hydrogen) atoms. The number of rotatable bonds is 3. The topological polar surface area (TPSA) is 95.4 Å². The monoisotopic (exact) mass is 262 g/mol. The third-order valence-corrected chi connectivity index (χ3v) is 3.12. The summed E-state index contributed by atoms with van der Waals surface area (Å²) in [6, 6.07) is 3.01. The molecule has 3 N–H and O–H groups in total. The molecule has 0 unspecified atom stereocenters. The van der Waals surface area contributed by atoms with E-state index in [9.17, 15) is 9.90 Å². The number of nitrogens with one attached hydrogen (secondary N) is 1. The molecule has 0 spiro atoms. The third kappa shape index (κ3) is 2.12. The predicted molar refractivity (Wildman–Crippen MR) is 68.7 cm³/mol. The number of aromatic hydroxyl groups is 1. The Labute approximate surface area is 109 Å². The summed E-state index contributed by atoms with van der Waals surface area (Å²) >= 11 is 0. The van der Waals surface area contributed by atoms with E-state index in [-0.39, 0.29) is 11.4 Å². The van der Waals surface area contributed by atoms with Crippen LogP contribution in [0.4, 0.5) is 0 Å². The summed E-state index contributed by atoms with van der Waals surface area (Å²) in [7, 11) is 1.54. The van der Waals surface area contributed by atoms with Crippen LogP contribution in [0.1, 0.15) is 21.6 Å². The molecule has 6 heteroatoms. The average molecular weight is 262 g/mol. The van der Waals surface area contributed by atoms with Crippen molar-refractivity contribution in [2.45, 2.75) is 13.8 Å². The Hall–Kier alpha value is -2.50. The van der Waals surface area contributed by atoms with Gasteiger partial charge in [0, 0.05) is 5.56 Å². The number of carboxylic acid groups (broad SMARTS) is 1. The summed E-state index contributed by atoms with van der Waals surface area (Å²) in [6.07, 6.45) is 0. The summed E-state index contributed by atoms with van der Waals surface area (Å²) in [5.41, 5.74) is 2.26. The molecule has 100 valence electrons. The number of H-pyrrole nitrogens is 1. The van der Waals surface area contributed by atoms with Crippen LogP contribution < -0.4 is 4.74 Å². The van der Waals surface area contributed by atoms with Gasteiger partial charge in [-0.05, 0) is 37.1 Å². The molecule has 0 saturated carbocycles. The van der Waals surface area contributed by atoms with Crippen LogP contribution in [0.15, 0.2) is 12.1 Å². The molecular weight excluding hydrogens is 248 g/mol. The van der Waals surface area contributed by atoms with Gasteiger partial charge in [0.1, 0.15) is 17.2 Å². The molecule has 0 radical (unpaired) electrons. The minimum Gasteiger partial charge on any atom is -0.507 e. The number of aromatic nitrogens is 2. The number of aromatic carboxylic acids is 1. The van der Waals surface area contributed by atoms with E-state index in [1.807, 2.05) is 6.92 Å². The maximum Gasteiger partial charge on any atom is 0.353 e. The number of ether oxygens (including phenoxy) is 1. The molecule has 1 heterocycles. The third-order valence-electron chi connectivity index (χ3n) is 3.12. The second-order valence-corrected chi connectivity index (χ2v) is 4.20. The van der Waals surface area contributed by atoms with Crippen molar-refractivity contribution < 1.29 is 19.7 Å². The maximum absolute atomic E-state index is 10.8. The Balaban J connectivity index is 2.61. The summed E-state index contributed by atoms with van der Waals surface area (Å²) in [5, 5.41) is 25.3. The van der Waals surface area contributed by atoms with Gasteiger partial charge in [-0.25, -0.2) is 4.79 Å². The molecule has 1 aromatic carbocycles. The van der Waals surface area contributed by atoms with Crippen LogP contribution in [-0.2, 0) is 0 Å². The molecule has 0 fully saturated rings. The Bertz CT molecular complexity index is 646. The Morgan fingerprint density at radius 1 is 1.32 bits per heavy atom. The lowest BCUT2D eigenvalue weighted by Crippen LogP contribution is -1.95.